The number of ether oxygens (including phenoxy) is 2. The molecule has 0 radical (unpaired) electrons. The Kier molecular flexibility index (Phi) is 6.22. The summed E-state index contributed by atoms with van der Waals surface area (Å²) in [5.41, 5.74) is 2.26. The Morgan fingerprint density at radius 2 is 1.70 bits per heavy atom. The highest BCUT2D eigenvalue weighted by atomic mass is 16.5. The second-order valence-corrected chi connectivity index (χ2v) is 6.92. The lowest BCUT2D eigenvalue weighted by Crippen LogP contribution is -2.49. The number of carbonyl (C=O) groups is 1. The van der Waals surface area contributed by atoms with Gasteiger partial charge < -0.3 is 19.3 Å². The normalized spacial score (nSPS) is 15.4. The molecule has 1 unspecified atom stereocenters. The van der Waals surface area contributed by atoms with Gasteiger partial charge in [-0.15, -0.1) is 0 Å². The highest BCUT2D eigenvalue weighted by Gasteiger charge is 2.24. The van der Waals surface area contributed by atoms with E-state index in [1.165, 1.54) is 5.69 Å². The first-order valence-electron chi connectivity index (χ1n) is 9.42. The molecular weight excluding hydrogens is 340 g/mol. The minimum absolute atomic E-state index is 0.0884. The fourth-order valence-corrected chi connectivity index (χ4v) is 3.58. The van der Waals surface area contributed by atoms with Crippen molar-refractivity contribution < 1.29 is 14.3 Å². The van der Waals surface area contributed by atoms with E-state index in [-0.39, 0.29) is 11.8 Å². The van der Waals surface area contributed by atoms with Crippen LogP contribution in [0.25, 0.3) is 0 Å². The third kappa shape index (κ3) is 4.54. The van der Waals surface area contributed by atoms with Crippen molar-refractivity contribution in [2.24, 2.45) is 0 Å². The van der Waals surface area contributed by atoms with Crippen molar-refractivity contribution in [1.29, 1.82) is 0 Å². The largest absolute Gasteiger partial charge is 0.497 e. The highest BCUT2D eigenvalue weighted by Crippen LogP contribution is 2.32. The van der Waals surface area contributed by atoms with Gasteiger partial charge in [0.25, 0.3) is 0 Å². The van der Waals surface area contributed by atoms with Crippen LogP contribution in [0.3, 0.4) is 0 Å². The lowest BCUT2D eigenvalue weighted by Gasteiger charge is -2.36. The maximum absolute atomic E-state index is 12.8. The molecule has 1 atom stereocenters. The van der Waals surface area contributed by atoms with Crippen LogP contribution in [0, 0.1) is 0 Å². The molecule has 0 spiro atoms. The van der Waals surface area contributed by atoms with Crippen LogP contribution < -0.4 is 14.4 Å². The van der Waals surface area contributed by atoms with Crippen LogP contribution in [-0.2, 0) is 4.79 Å². The summed E-state index contributed by atoms with van der Waals surface area (Å²) in [7, 11) is 3.28. The molecule has 0 bridgehead atoms. The molecule has 5 heteroatoms. The van der Waals surface area contributed by atoms with Crippen molar-refractivity contribution in [3.63, 3.8) is 0 Å². The molecule has 1 fully saturated rings. The van der Waals surface area contributed by atoms with Crippen molar-refractivity contribution >= 4 is 11.6 Å². The van der Waals surface area contributed by atoms with E-state index in [4.69, 9.17) is 9.47 Å². The fraction of sp³-hybridized carbons (Fsp3) is 0.409. The predicted octanol–water partition coefficient (Wildman–Crippen LogP) is 3.55. The van der Waals surface area contributed by atoms with Crippen LogP contribution in [-0.4, -0.2) is 51.2 Å². The number of rotatable bonds is 6. The molecule has 1 amide bonds. The number of hydrogen-bond donors (Lipinski definition) is 0. The number of carbonyl (C=O) groups excluding carboxylic acids is 1. The number of benzene rings is 2. The molecule has 27 heavy (non-hydrogen) atoms. The van der Waals surface area contributed by atoms with Gasteiger partial charge in [0.2, 0.25) is 5.91 Å². The number of amides is 1. The Morgan fingerprint density at radius 3 is 2.33 bits per heavy atom. The van der Waals surface area contributed by atoms with E-state index in [0.29, 0.717) is 6.42 Å². The van der Waals surface area contributed by atoms with E-state index in [1.54, 1.807) is 14.2 Å². The Labute approximate surface area is 161 Å². The molecule has 1 aliphatic heterocycles. The minimum atomic E-state index is 0.0884. The average Bonchev–Trinajstić information content (AvgIpc) is 2.73. The minimum Gasteiger partial charge on any atom is -0.497 e. The smallest absolute Gasteiger partial charge is 0.223 e. The second-order valence-electron chi connectivity index (χ2n) is 6.92. The molecular formula is C22H28N2O3. The van der Waals surface area contributed by atoms with Crippen LogP contribution in [0.2, 0.25) is 0 Å². The number of para-hydroxylation sites is 1. The van der Waals surface area contributed by atoms with E-state index < -0.39 is 0 Å². The summed E-state index contributed by atoms with van der Waals surface area (Å²) in [6.07, 6.45) is 0.480. The molecule has 0 N–H and O–H groups in total. The SMILES string of the molecule is COc1ccc(C(C)CC(=O)N2CCN(c3ccccc3)CC2)c(OC)c1. The summed E-state index contributed by atoms with van der Waals surface area (Å²) in [4.78, 5) is 17.1. The van der Waals surface area contributed by atoms with E-state index in [0.717, 1.165) is 43.2 Å². The molecule has 5 nitrogen and oxygen atoms in total. The van der Waals surface area contributed by atoms with Gasteiger partial charge in [-0.1, -0.05) is 31.2 Å². The van der Waals surface area contributed by atoms with Crippen molar-refractivity contribution in [3.8, 4) is 11.5 Å². The summed E-state index contributed by atoms with van der Waals surface area (Å²) in [5, 5.41) is 0. The van der Waals surface area contributed by atoms with E-state index >= 15 is 0 Å². The van der Waals surface area contributed by atoms with Gasteiger partial charge in [-0.25, -0.2) is 0 Å². The van der Waals surface area contributed by atoms with Gasteiger partial charge in [-0.3, -0.25) is 4.79 Å². The second kappa shape index (κ2) is 8.80. The molecule has 1 heterocycles. The molecule has 144 valence electrons. The zero-order chi connectivity index (χ0) is 19.2. The summed E-state index contributed by atoms with van der Waals surface area (Å²) >= 11 is 0. The molecule has 1 aliphatic rings. The Bertz CT molecular complexity index is 755. The van der Waals surface area contributed by atoms with Crippen molar-refractivity contribution in [2.75, 3.05) is 45.3 Å². The van der Waals surface area contributed by atoms with Crippen LogP contribution in [0.15, 0.2) is 48.5 Å². The zero-order valence-electron chi connectivity index (χ0n) is 16.4. The van der Waals surface area contributed by atoms with Crippen LogP contribution >= 0.6 is 0 Å². The predicted molar refractivity (Wildman–Crippen MR) is 108 cm³/mol. The average molecular weight is 368 g/mol. The Hall–Kier alpha value is -2.69. The summed E-state index contributed by atoms with van der Waals surface area (Å²) < 4.78 is 10.7. The Balaban J connectivity index is 1.58. The van der Waals surface area contributed by atoms with Gasteiger partial charge in [-0.2, -0.15) is 0 Å². The summed E-state index contributed by atoms with van der Waals surface area (Å²) in [6, 6.07) is 16.1. The van der Waals surface area contributed by atoms with Crippen LogP contribution in [0.5, 0.6) is 11.5 Å². The number of anilines is 1. The van der Waals surface area contributed by atoms with Crippen molar-refractivity contribution in [3.05, 3.63) is 54.1 Å². The third-order valence-corrected chi connectivity index (χ3v) is 5.21. The molecule has 2 aromatic rings. The first-order chi connectivity index (χ1) is 13.1. The van der Waals surface area contributed by atoms with Crippen LogP contribution in [0.1, 0.15) is 24.8 Å². The van der Waals surface area contributed by atoms with Crippen molar-refractivity contribution in [2.45, 2.75) is 19.3 Å². The molecule has 1 saturated heterocycles. The number of hydrogen-bond acceptors (Lipinski definition) is 4. The quantitative estimate of drug-likeness (QED) is 0.782. The number of nitrogens with zero attached hydrogens (tertiary/aromatic N) is 2. The molecule has 0 aliphatic carbocycles. The van der Waals surface area contributed by atoms with E-state index in [2.05, 4.69) is 36.1 Å². The molecule has 2 aromatic carbocycles. The topological polar surface area (TPSA) is 42.0 Å². The Morgan fingerprint density at radius 1 is 1.00 bits per heavy atom. The number of methoxy groups -OCH3 is 2. The summed E-state index contributed by atoms with van der Waals surface area (Å²) in [6.45, 7) is 5.34. The summed E-state index contributed by atoms with van der Waals surface area (Å²) in [5.74, 6) is 1.81. The highest BCUT2D eigenvalue weighted by molar-refractivity contribution is 5.77. The van der Waals surface area contributed by atoms with Crippen molar-refractivity contribution in [1.82, 2.24) is 4.90 Å². The molecule has 0 aromatic heterocycles. The van der Waals surface area contributed by atoms with Gasteiger partial charge in [0, 0.05) is 44.4 Å². The van der Waals surface area contributed by atoms with Gasteiger partial charge in [0.05, 0.1) is 14.2 Å². The maximum atomic E-state index is 12.8. The van der Waals surface area contributed by atoms with Gasteiger partial charge in [0.1, 0.15) is 11.5 Å². The first-order valence-corrected chi connectivity index (χ1v) is 9.42. The van der Waals surface area contributed by atoms with Gasteiger partial charge in [-0.05, 0) is 29.7 Å². The zero-order valence-corrected chi connectivity index (χ0v) is 16.4. The molecule has 3 rings (SSSR count). The standard InChI is InChI=1S/C22H28N2O3/c1-17(20-10-9-19(26-2)16-21(20)27-3)15-22(25)24-13-11-23(12-14-24)18-7-5-4-6-8-18/h4-10,16-17H,11-15H2,1-3H3. The molecule has 0 saturated carbocycles. The van der Waals surface area contributed by atoms with Crippen LogP contribution in [0.4, 0.5) is 5.69 Å². The third-order valence-electron chi connectivity index (χ3n) is 5.21. The van der Waals surface area contributed by atoms with Gasteiger partial charge in [0.15, 0.2) is 0 Å². The monoisotopic (exact) mass is 368 g/mol. The van der Waals surface area contributed by atoms with Gasteiger partial charge >= 0.3 is 0 Å². The van der Waals surface area contributed by atoms with E-state index in [9.17, 15) is 4.79 Å². The number of piperazine rings is 1. The fourth-order valence-electron chi connectivity index (χ4n) is 3.58. The lowest BCUT2D eigenvalue weighted by molar-refractivity contribution is -0.131. The maximum Gasteiger partial charge on any atom is 0.223 e. The lowest BCUT2D eigenvalue weighted by atomic mass is 9.95. The van der Waals surface area contributed by atoms with E-state index in [1.807, 2.05) is 29.2 Å². The first kappa shape index (κ1) is 19.1.